The second-order valence-electron chi connectivity index (χ2n) is 9.35. The molecule has 2 aliphatic carbocycles. The molecule has 38 heavy (non-hydrogen) atoms. The van der Waals surface area contributed by atoms with Gasteiger partial charge in [0.05, 0.1) is 0 Å². The molecule has 0 amide bonds. The summed E-state index contributed by atoms with van der Waals surface area (Å²) in [5.74, 6) is -0.893. The van der Waals surface area contributed by atoms with Gasteiger partial charge < -0.3 is 0 Å². The molecule has 0 bridgehead atoms. The highest BCUT2D eigenvalue weighted by Crippen LogP contribution is 2.43. The zero-order chi connectivity index (χ0) is 26.8. The van der Waals surface area contributed by atoms with E-state index in [0.717, 1.165) is 33.0 Å². The highest BCUT2D eigenvalue weighted by atomic mass is 17.2. The number of carbonyl (C=O) groups is 2. The molecule has 192 valence electrons. The van der Waals surface area contributed by atoms with Crippen molar-refractivity contribution in [2.45, 2.75) is 39.9 Å². The lowest BCUT2D eigenvalue weighted by Crippen LogP contribution is -2.14. The van der Waals surface area contributed by atoms with Crippen LogP contribution >= 0.6 is 0 Å². The van der Waals surface area contributed by atoms with Crippen molar-refractivity contribution in [1.82, 2.24) is 0 Å². The maximum Gasteiger partial charge on any atom is 0.339 e. The van der Waals surface area contributed by atoms with Crippen molar-refractivity contribution in [3.05, 3.63) is 107 Å². The first-order valence-corrected chi connectivity index (χ1v) is 12.4. The molecule has 4 aromatic carbocycles. The van der Waals surface area contributed by atoms with Crippen LogP contribution in [0.25, 0.3) is 33.2 Å². The molecule has 0 spiro atoms. The van der Waals surface area contributed by atoms with E-state index in [1.807, 2.05) is 49.4 Å². The molecule has 2 aliphatic rings. The minimum Gasteiger partial charge on any atom is -0.298 e. The summed E-state index contributed by atoms with van der Waals surface area (Å²) in [5, 5.41) is 4.66. The molecule has 6 rings (SSSR count). The highest BCUT2D eigenvalue weighted by molar-refractivity contribution is 5.99. The Hall–Kier alpha value is -4.26. The Bertz CT molecular complexity index is 1600. The van der Waals surface area contributed by atoms with Crippen LogP contribution in [0.2, 0.25) is 0 Å². The maximum absolute atomic E-state index is 11.0. The summed E-state index contributed by atoms with van der Waals surface area (Å²) in [6.07, 6.45) is 3.20. The molecule has 0 radical (unpaired) electrons. The molecule has 0 aromatic heterocycles. The van der Waals surface area contributed by atoms with E-state index in [1.165, 1.54) is 35.8 Å². The zero-order valence-electron chi connectivity index (χ0n) is 21.7. The minimum absolute atomic E-state index is 0.336. The van der Waals surface area contributed by atoms with E-state index in [1.54, 1.807) is 0 Å². The van der Waals surface area contributed by atoms with Crippen LogP contribution in [0.1, 0.15) is 62.2 Å². The molecular formula is C32H28O6. The van der Waals surface area contributed by atoms with Gasteiger partial charge >= 0.3 is 11.9 Å². The van der Waals surface area contributed by atoms with Gasteiger partial charge in [-0.3, -0.25) is 9.78 Å². The van der Waals surface area contributed by atoms with Crippen molar-refractivity contribution >= 4 is 45.1 Å². The van der Waals surface area contributed by atoms with Gasteiger partial charge in [-0.25, -0.2) is 9.59 Å². The first kappa shape index (κ1) is 25.4. The second-order valence-corrected chi connectivity index (χ2v) is 9.35. The van der Waals surface area contributed by atoms with E-state index in [9.17, 15) is 9.59 Å². The quantitative estimate of drug-likeness (QED) is 0.209. The SMILES string of the molecule is CC(=O)OOC1C(C)=C(C)c2cccc3cccc1c23.CC(=O)OOC1C=Cc2cccc3cccc1c23. The van der Waals surface area contributed by atoms with Crippen LogP contribution in [0.15, 0.2) is 84.4 Å². The summed E-state index contributed by atoms with van der Waals surface area (Å²) in [5.41, 5.74) is 6.68. The minimum atomic E-state index is -0.450. The molecule has 0 heterocycles. The fourth-order valence-corrected chi connectivity index (χ4v) is 5.06. The average Bonchev–Trinajstić information content (AvgIpc) is 2.92. The standard InChI is InChI=1S/C17H16O3.C15H12O3/c1-10-11(2)17(20-19-12(3)18)15-9-5-7-13-6-4-8-14(10)16(13)15;1-10(16)17-18-14-9-8-12-5-2-4-11-6-3-7-13(14)15(11)12/h4-9,17H,1-3H3;2-9,14H,1H3. The van der Waals surface area contributed by atoms with Gasteiger partial charge in [-0.1, -0.05) is 78.9 Å². The first-order chi connectivity index (χ1) is 18.3. The van der Waals surface area contributed by atoms with Gasteiger partial charge in [0.25, 0.3) is 0 Å². The van der Waals surface area contributed by atoms with Crippen LogP contribution in [0.5, 0.6) is 0 Å². The fraction of sp³-hybridized carbons (Fsp3) is 0.188. The summed E-state index contributed by atoms with van der Waals surface area (Å²) >= 11 is 0. The maximum atomic E-state index is 11.0. The summed E-state index contributed by atoms with van der Waals surface area (Å²) in [7, 11) is 0. The Balaban J connectivity index is 0.000000156. The molecule has 6 heteroatoms. The van der Waals surface area contributed by atoms with E-state index in [4.69, 9.17) is 14.7 Å². The third-order valence-electron chi connectivity index (χ3n) is 6.87. The van der Waals surface area contributed by atoms with Gasteiger partial charge in [0.1, 0.15) is 6.10 Å². The number of allylic oxidation sites excluding steroid dienone is 1. The summed E-state index contributed by atoms with van der Waals surface area (Å²) in [6, 6.07) is 24.5. The number of carbonyl (C=O) groups excluding carboxylic acids is 2. The van der Waals surface area contributed by atoms with Crippen molar-refractivity contribution in [3.63, 3.8) is 0 Å². The Kier molecular flexibility index (Phi) is 7.09. The number of rotatable bonds is 4. The van der Waals surface area contributed by atoms with Crippen LogP contribution in [0.3, 0.4) is 0 Å². The summed E-state index contributed by atoms with van der Waals surface area (Å²) in [4.78, 5) is 41.7. The van der Waals surface area contributed by atoms with Crippen molar-refractivity contribution in [2.75, 3.05) is 0 Å². The third-order valence-corrected chi connectivity index (χ3v) is 6.87. The predicted octanol–water partition coefficient (Wildman–Crippen LogP) is 7.59. The van der Waals surface area contributed by atoms with Gasteiger partial charge in [0.2, 0.25) is 0 Å². The highest BCUT2D eigenvalue weighted by Gasteiger charge is 2.27. The number of hydrogen-bond acceptors (Lipinski definition) is 6. The molecule has 0 aliphatic heterocycles. The molecule has 2 unspecified atom stereocenters. The van der Waals surface area contributed by atoms with Crippen molar-refractivity contribution in [2.24, 2.45) is 0 Å². The van der Waals surface area contributed by atoms with Crippen LogP contribution < -0.4 is 0 Å². The molecule has 0 N–H and O–H groups in total. The lowest BCUT2D eigenvalue weighted by Gasteiger charge is -2.27. The topological polar surface area (TPSA) is 71.1 Å². The van der Waals surface area contributed by atoms with E-state index >= 15 is 0 Å². The van der Waals surface area contributed by atoms with Gasteiger partial charge in [-0.2, -0.15) is 9.78 Å². The average molecular weight is 509 g/mol. The molecule has 4 aromatic rings. The Morgan fingerprint density at radius 2 is 1.26 bits per heavy atom. The van der Waals surface area contributed by atoms with Crippen LogP contribution in [-0.2, 0) is 29.1 Å². The smallest absolute Gasteiger partial charge is 0.298 e. The van der Waals surface area contributed by atoms with Gasteiger partial charge in [0, 0.05) is 13.8 Å². The van der Waals surface area contributed by atoms with E-state index in [-0.39, 0.29) is 12.2 Å². The van der Waals surface area contributed by atoms with E-state index in [2.05, 4.69) is 54.3 Å². The van der Waals surface area contributed by atoms with E-state index < -0.39 is 11.9 Å². The molecular weight excluding hydrogens is 480 g/mol. The second kappa shape index (κ2) is 10.6. The predicted molar refractivity (Wildman–Crippen MR) is 146 cm³/mol. The Morgan fingerprint density at radius 3 is 1.95 bits per heavy atom. The Labute approximate surface area is 220 Å². The van der Waals surface area contributed by atoms with Crippen LogP contribution in [-0.4, -0.2) is 11.9 Å². The lowest BCUT2D eigenvalue weighted by atomic mass is 9.83. The fourth-order valence-electron chi connectivity index (χ4n) is 5.06. The number of benzene rings is 4. The normalized spacial score (nSPS) is 17.2. The van der Waals surface area contributed by atoms with E-state index in [0.29, 0.717) is 0 Å². The van der Waals surface area contributed by atoms with Crippen molar-refractivity contribution in [3.8, 4) is 0 Å². The molecule has 2 atom stereocenters. The third kappa shape index (κ3) is 4.84. The van der Waals surface area contributed by atoms with Crippen molar-refractivity contribution < 1.29 is 29.1 Å². The molecule has 0 fully saturated rings. The first-order valence-electron chi connectivity index (χ1n) is 12.4. The van der Waals surface area contributed by atoms with Crippen LogP contribution in [0, 0.1) is 0 Å². The van der Waals surface area contributed by atoms with Crippen LogP contribution in [0.4, 0.5) is 0 Å². The molecule has 6 nitrogen and oxygen atoms in total. The van der Waals surface area contributed by atoms with Gasteiger partial charge in [-0.15, -0.1) is 0 Å². The summed E-state index contributed by atoms with van der Waals surface area (Å²) in [6.45, 7) is 6.74. The molecule has 0 saturated heterocycles. The monoisotopic (exact) mass is 508 g/mol. The molecule has 0 saturated carbocycles. The van der Waals surface area contributed by atoms with Gasteiger partial charge in [0.15, 0.2) is 6.10 Å². The number of hydrogen-bond donors (Lipinski definition) is 0. The van der Waals surface area contributed by atoms with Crippen molar-refractivity contribution in [1.29, 1.82) is 0 Å². The summed E-state index contributed by atoms with van der Waals surface area (Å²) < 4.78 is 0. The largest absolute Gasteiger partial charge is 0.339 e. The lowest BCUT2D eigenvalue weighted by molar-refractivity contribution is -0.291. The van der Waals surface area contributed by atoms with Gasteiger partial charge in [-0.05, 0) is 74.9 Å². The Morgan fingerprint density at radius 1 is 0.684 bits per heavy atom. The zero-order valence-corrected chi connectivity index (χ0v) is 21.7.